The Bertz CT molecular complexity index is 543. The maximum atomic E-state index is 5.96. The van der Waals surface area contributed by atoms with E-state index in [2.05, 4.69) is 10.3 Å². The number of hydrogen-bond donors (Lipinski definition) is 1. The van der Waals surface area contributed by atoms with Crippen LogP contribution < -0.4 is 10.1 Å². The number of pyridine rings is 1. The molecule has 0 aliphatic heterocycles. The maximum Gasteiger partial charge on any atom is 0.132 e. The van der Waals surface area contributed by atoms with Crippen molar-refractivity contribution in [2.75, 3.05) is 11.9 Å². The first-order chi connectivity index (χ1) is 8.69. The van der Waals surface area contributed by atoms with Crippen LogP contribution in [0, 0.1) is 6.92 Å². The molecule has 1 aromatic heterocycles. The number of rotatable bonds is 4. The molecule has 0 radical (unpaired) electrons. The Morgan fingerprint density at radius 2 is 2.11 bits per heavy atom. The summed E-state index contributed by atoms with van der Waals surface area (Å²) in [6.07, 6.45) is 1.72. The van der Waals surface area contributed by atoms with Crippen molar-refractivity contribution >= 4 is 17.4 Å². The van der Waals surface area contributed by atoms with Crippen molar-refractivity contribution in [1.82, 2.24) is 4.98 Å². The van der Waals surface area contributed by atoms with Gasteiger partial charge in [-0.3, -0.25) is 0 Å². The lowest BCUT2D eigenvalue weighted by Crippen LogP contribution is -1.99. The first-order valence-corrected chi connectivity index (χ1v) is 6.21. The van der Waals surface area contributed by atoms with Gasteiger partial charge in [-0.05, 0) is 37.6 Å². The van der Waals surface area contributed by atoms with Gasteiger partial charge in [-0.15, -0.1) is 0 Å². The van der Waals surface area contributed by atoms with Crippen LogP contribution in [0.25, 0.3) is 0 Å². The van der Waals surface area contributed by atoms with Gasteiger partial charge in [0.25, 0.3) is 0 Å². The van der Waals surface area contributed by atoms with Gasteiger partial charge in [-0.1, -0.05) is 17.7 Å². The maximum absolute atomic E-state index is 5.96. The van der Waals surface area contributed by atoms with Crippen LogP contribution in [0.2, 0.25) is 5.02 Å². The van der Waals surface area contributed by atoms with Gasteiger partial charge in [0.15, 0.2) is 0 Å². The molecule has 18 heavy (non-hydrogen) atoms. The molecule has 1 aromatic carbocycles. The molecule has 0 spiro atoms. The Morgan fingerprint density at radius 3 is 2.89 bits per heavy atom. The molecule has 2 aromatic rings. The molecule has 0 fully saturated rings. The van der Waals surface area contributed by atoms with Crippen molar-refractivity contribution < 1.29 is 4.74 Å². The van der Waals surface area contributed by atoms with Crippen molar-refractivity contribution in [3.05, 3.63) is 47.1 Å². The minimum Gasteiger partial charge on any atom is -0.457 e. The second kappa shape index (κ2) is 5.74. The number of nitrogens with zero attached hydrogens (tertiary/aromatic N) is 1. The van der Waals surface area contributed by atoms with E-state index in [1.54, 1.807) is 6.20 Å². The third-order valence-corrected chi connectivity index (χ3v) is 2.70. The Morgan fingerprint density at radius 1 is 1.28 bits per heavy atom. The second-order valence-corrected chi connectivity index (χ2v) is 4.36. The standard InChI is InChI=1S/C14H15ClN2O/c1-3-16-14-9-12(6-7-17-14)18-13-8-11(15)5-4-10(13)2/h4-9H,3H2,1-2H3,(H,16,17). The van der Waals surface area contributed by atoms with Crippen molar-refractivity contribution in [3.63, 3.8) is 0 Å². The van der Waals surface area contributed by atoms with Gasteiger partial charge >= 0.3 is 0 Å². The Balaban J connectivity index is 2.22. The molecule has 0 bridgehead atoms. The van der Waals surface area contributed by atoms with Crippen molar-refractivity contribution in [1.29, 1.82) is 0 Å². The summed E-state index contributed by atoms with van der Waals surface area (Å²) in [5.41, 5.74) is 1.04. The third-order valence-electron chi connectivity index (χ3n) is 2.47. The highest BCUT2D eigenvalue weighted by Gasteiger charge is 2.03. The van der Waals surface area contributed by atoms with Gasteiger partial charge in [-0.2, -0.15) is 0 Å². The average molecular weight is 263 g/mol. The number of nitrogens with one attached hydrogen (secondary N) is 1. The normalized spacial score (nSPS) is 10.2. The summed E-state index contributed by atoms with van der Waals surface area (Å²) in [5.74, 6) is 2.30. The molecular formula is C14H15ClN2O. The van der Waals surface area contributed by atoms with Crippen LogP contribution in [0.3, 0.4) is 0 Å². The van der Waals surface area contributed by atoms with Crippen LogP contribution in [0.4, 0.5) is 5.82 Å². The fraction of sp³-hybridized carbons (Fsp3) is 0.214. The summed E-state index contributed by atoms with van der Waals surface area (Å²) in [6.45, 7) is 4.83. The smallest absolute Gasteiger partial charge is 0.132 e. The molecule has 1 heterocycles. The minimum atomic E-state index is 0.663. The van der Waals surface area contributed by atoms with Gasteiger partial charge in [0.1, 0.15) is 17.3 Å². The summed E-state index contributed by atoms with van der Waals surface area (Å²) >= 11 is 5.96. The SMILES string of the molecule is CCNc1cc(Oc2cc(Cl)ccc2C)ccn1. The van der Waals surface area contributed by atoms with Crippen molar-refractivity contribution in [3.8, 4) is 11.5 Å². The number of halogens is 1. The van der Waals surface area contributed by atoms with E-state index in [0.29, 0.717) is 5.02 Å². The molecular weight excluding hydrogens is 248 g/mol. The molecule has 0 aliphatic carbocycles. The molecule has 0 amide bonds. The summed E-state index contributed by atoms with van der Waals surface area (Å²) in [7, 11) is 0. The predicted molar refractivity (Wildman–Crippen MR) is 74.7 cm³/mol. The minimum absolute atomic E-state index is 0.663. The number of anilines is 1. The van der Waals surface area contributed by atoms with E-state index >= 15 is 0 Å². The average Bonchev–Trinajstić information content (AvgIpc) is 2.35. The van der Waals surface area contributed by atoms with Gasteiger partial charge in [0, 0.05) is 23.8 Å². The molecule has 0 saturated carbocycles. The lowest BCUT2D eigenvalue weighted by Gasteiger charge is -2.10. The lowest BCUT2D eigenvalue weighted by molar-refractivity contribution is 0.478. The van der Waals surface area contributed by atoms with Crippen LogP contribution in [0.1, 0.15) is 12.5 Å². The number of aryl methyl sites for hydroxylation is 1. The van der Waals surface area contributed by atoms with Crippen molar-refractivity contribution in [2.45, 2.75) is 13.8 Å². The van der Waals surface area contributed by atoms with Crippen LogP contribution in [0.15, 0.2) is 36.5 Å². The van der Waals surface area contributed by atoms with Gasteiger partial charge < -0.3 is 10.1 Å². The molecule has 94 valence electrons. The summed E-state index contributed by atoms with van der Waals surface area (Å²) < 4.78 is 5.81. The van der Waals surface area contributed by atoms with Crippen LogP contribution >= 0.6 is 11.6 Å². The zero-order chi connectivity index (χ0) is 13.0. The van der Waals surface area contributed by atoms with E-state index in [9.17, 15) is 0 Å². The van der Waals surface area contributed by atoms with Gasteiger partial charge in [0.2, 0.25) is 0 Å². The van der Waals surface area contributed by atoms with E-state index in [4.69, 9.17) is 16.3 Å². The molecule has 0 saturated heterocycles. The zero-order valence-electron chi connectivity index (χ0n) is 10.4. The van der Waals surface area contributed by atoms with E-state index in [-0.39, 0.29) is 0 Å². The Hall–Kier alpha value is -1.74. The van der Waals surface area contributed by atoms with Crippen LogP contribution in [0.5, 0.6) is 11.5 Å². The van der Waals surface area contributed by atoms with Gasteiger partial charge in [0.05, 0.1) is 0 Å². The summed E-state index contributed by atoms with van der Waals surface area (Å²) in [4.78, 5) is 4.19. The highest BCUT2D eigenvalue weighted by molar-refractivity contribution is 6.30. The molecule has 0 aliphatic rings. The van der Waals surface area contributed by atoms with Crippen molar-refractivity contribution in [2.24, 2.45) is 0 Å². The summed E-state index contributed by atoms with van der Waals surface area (Å²) in [6, 6.07) is 9.28. The fourth-order valence-electron chi connectivity index (χ4n) is 1.56. The summed E-state index contributed by atoms with van der Waals surface area (Å²) in [5, 5.41) is 3.81. The van der Waals surface area contributed by atoms with E-state index in [1.807, 2.05) is 44.2 Å². The Kier molecular flexibility index (Phi) is 4.05. The topological polar surface area (TPSA) is 34.1 Å². The van der Waals surface area contributed by atoms with E-state index in [1.165, 1.54) is 0 Å². The molecule has 0 unspecified atom stereocenters. The highest BCUT2D eigenvalue weighted by atomic mass is 35.5. The number of ether oxygens (including phenoxy) is 1. The Labute approximate surface area is 112 Å². The second-order valence-electron chi connectivity index (χ2n) is 3.92. The monoisotopic (exact) mass is 262 g/mol. The number of benzene rings is 1. The zero-order valence-corrected chi connectivity index (χ0v) is 11.2. The molecule has 2 rings (SSSR count). The number of aromatic nitrogens is 1. The first kappa shape index (κ1) is 12.7. The largest absolute Gasteiger partial charge is 0.457 e. The lowest BCUT2D eigenvalue weighted by atomic mass is 10.2. The van der Waals surface area contributed by atoms with E-state index < -0.39 is 0 Å². The predicted octanol–water partition coefficient (Wildman–Crippen LogP) is 4.27. The quantitative estimate of drug-likeness (QED) is 0.894. The molecule has 3 nitrogen and oxygen atoms in total. The highest BCUT2D eigenvalue weighted by Crippen LogP contribution is 2.28. The number of hydrogen-bond acceptors (Lipinski definition) is 3. The van der Waals surface area contributed by atoms with E-state index in [0.717, 1.165) is 29.4 Å². The van der Waals surface area contributed by atoms with Crippen LogP contribution in [-0.4, -0.2) is 11.5 Å². The van der Waals surface area contributed by atoms with Crippen LogP contribution in [-0.2, 0) is 0 Å². The third kappa shape index (κ3) is 3.14. The molecule has 1 N–H and O–H groups in total. The fourth-order valence-corrected chi connectivity index (χ4v) is 1.73. The van der Waals surface area contributed by atoms with Gasteiger partial charge in [-0.25, -0.2) is 4.98 Å². The first-order valence-electron chi connectivity index (χ1n) is 5.83. The molecule has 4 heteroatoms. The molecule has 0 atom stereocenters.